The predicted octanol–water partition coefficient (Wildman–Crippen LogP) is 1.56. The zero-order valence-electron chi connectivity index (χ0n) is 14.4. The summed E-state index contributed by atoms with van der Waals surface area (Å²) >= 11 is 0. The fraction of sp³-hybridized carbons (Fsp3) is 0.588. The SMILES string of the molecule is COC[C@@H](O)CN(C)C(=O)N[C@H](C)c1ccc2c(c1)OCCCO2. The molecule has 2 atom stereocenters. The molecular weight excluding hydrogens is 312 g/mol. The number of methoxy groups -OCH3 is 1. The van der Waals surface area contributed by atoms with Crippen molar-refractivity contribution in [1.29, 1.82) is 0 Å². The van der Waals surface area contributed by atoms with Crippen LogP contribution in [0.4, 0.5) is 4.79 Å². The number of nitrogens with zero attached hydrogens (tertiary/aromatic N) is 1. The minimum Gasteiger partial charge on any atom is -0.490 e. The number of likely N-dealkylation sites (N-methyl/N-ethyl adjacent to an activating group) is 1. The molecule has 1 aromatic carbocycles. The highest BCUT2D eigenvalue weighted by molar-refractivity contribution is 5.74. The maximum atomic E-state index is 12.2. The molecule has 1 aromatic rings. The van der Waals surface area contributed by atoms with Crippen LogP contribution in [-0.4, -0.2) is 62.7 Å². The number of nitrogens with one attached hydrogen (secondary N) is 1. The highest BCUT2D eigenvalue weighted by Crippen LogP contribution is 2.32. The molecule has 0 aliphatic carbocycles. The summed E-state index contributed by atoms with van der Waals surface area (Å²) in [5.41, 5.74) is 0.929. The van der Waals surface area contributed by atoms with E-state index in [2.05, 4.69) is 5.32 Å². The number of hydrogen-bond acceptors (Lipinski definition) is 5. The van der Waals surface area contributed by atoms with Crippen molar-refractivity contribution in [1.82, 2.24) is 10.2 Å². The summed E-state index contributed by atoms with van der Waals surface area (Å²) in [5.74, 6) is 1.43. The third-order valence-electron chi connectivity index (χ3n) is 3.80. The number of amides is 2. The Morgan fingerprint density at radius 1 is 1.38 bits per heavy atom. The second-order valence-electron chi connectivity index (χ2n) is 5.92. The number of ether oxygens (including phenoxy) is 3. The molecule has 0 saturated carbocycles. The van der Waals surface area contributed by atoms with Crippen LogP contribution in [0.5, 0.6) is 11.5 Å². The van der Waals surface area contributed by atoms with Gasteiger partial charge in [-0.2, -0.15) is 0 Å². The van der Waals surface area contributed by atoms with E-state index in [1.807, 2.05) is 25.1 Å². The van der Waals surface area contributed by atoms with Crippen LogP contribution in [0.15, 0.2) is 18.2 Å². The third kappa shape index (κ3) is 5.01. The van der Waals surface area contributed by atoms with Gasteiger partial charge in [-0.3, -0.25) is 0 Å². The van der Waals surface area contributed by atoms with Crippen molar-refractivity contribution in [2.75, 3.05) is 40.5 Å². The number of rotatable bonds is 6. The fourth-order valence-electron chi connectivity index (χ4n) is 2.47. The van der Waals surface area contributed by atoms with Gasteiger partial charge in [-0.25, -0.2) is 4.79 Å². The third-order valence-corrected chi connectivity index (χ3v) is 3.80. The number of carbonyl (C=O) groups excluding carboxylic acids is 1. The zero-order valence-corrected chi connectivity index (χ0v) is 14.4. The Labute approximate surface area is 142 Å². The van der Waals surface area contributed by atoms with Crippen LogP contribution in [0.1, 0.15) is 24.9 Å². The van der Waals surface area contributed by atoms with Crippen molar-refractivity contribution in [3.05, 3.63) is 23.8 Å². The quantitative estimate of drug-likeness (QED) is 0.823. The van der Waals surface area contributed by atoms with E-state index in [1.165, 1.54) is 12.0 Å². The Hall–Kier alpha value is -1.99. The molecule has 134 valence electrons. The number of benzene rings is 1. The van der Waals surface area contributed by atoms with Gasteiger partial charge in [0.2, 0.25) is 0 Å². The lowest BCUT2D eigenvalue weighted by molar-refractivity contribution is 0.0488. The summed E-state index contributed by atoms with van der Waals surface area (Å²) < 4.78 is 16.1. The molecule has 0 bridgehead atoms. The molecule has 0 radical (unpaired) electrons. The number of fused-ring (bicyclic) bond motifs is 1. The largest absolute Gasteiger partial charge is 0.490 e. The second kappa shape index (κ2) is 8.75. The normalized spacial score (nSPS) is 16.0. The first-order valence-corrected chi connectivity index (χ1v) is 8.09. The maximum Gasteiger partial charge on any atom is 0.317 e. The van der Waals surface area contributed by atoms with Gasteiger partial charge < -0.3 is 29.5 Å². The number of urea groups is 1. The lowest BCUT2D eigenvalue weighted by Crippen LogP contribution is -2.43. The monoisotopic (exact) mass is 338 g/mol. The molecule has 1 aliphatic rings. The maximum absolute atomic E-state index is 12.2. The first-order chi connectivity index (χ1) is 11.5. The summed E-state index contributed by atoms with van der Waals surface area (Å²) in [6, 6.07) is 5.22. The summed E-state index contributed by atoms with van der Waals surface area (Å²) in [5, 5.41) is 12.6. The van der Waals surface area contributed by atoms with E-state index >= 15 is 0 Å². The summed E-state index contributed by atoms with van der Waals surface area (Å²) in [6.07, 6.45) is 0.143. The van der Waals surface area contributed by atoms with Crippen LogP contribution in [0.25, 0.3) is 0 Å². The van der Waals surface area contributed by atoms with Gasteiger partial charge in [-0.05, 0) is 24.6 Å². The smallest absolute Gasteiger partial charge is 0.317 e. The molecule has 2 rings (SSSR count). The average molecular weight is 338 g/mol. The molecule has 2 amide bonds. The molecule has 1 aliphatic heterocycles. The minimum absolute atomic E-state index is 0.190. The first-order valence-electron chi connectivity index (χ1n) is 8.09. The molecule has 0 aromatic heterocycles. The molecular formula is C17H26N2O5. The first kappa shape index (κ1) is 18.4. The van der Waals surface area contributed by atoms with Gasteiger partial charge in [-0.1, -0.05) is 6.07 Å². The standard InChI is InChI=1S/C17H26N2O5/c1-12(18-17(21)19(2)10-14(20)11-22-3)13-5-6-15-16(9-13)24-8-4-7-23-15/h5-6,9,12,14,20H,4,7-8,10-11H2,1-3H3,(H,18,21)/t12-,14+/m1/s1. The van der Waals surface area contributed by atoms with Gasteiger partial charge >= 0.3 is 6.03 Å². The van der Waals surface area contributed by atoms with Crippen LogP contribution in [0.2, 0.25) is 0 Å². The van der Waals surface area contributed by atoms with Crippen molar-refractivity contribution in [3.63, 3.8) is 0 Å². The van der Waals surface area contributed by atoms with Crippen molar-refractivity contribution >= 4 is 6.03 Å². The molecule has 7 heteroatoms. The number of carbonyl (C=O) groups is 1. The number of aliphatic hydroxyl groups excluding tert-OH is 1. The van der Waals surface area contributed by atoms with Gasteiger partial charge in [0.25, 0.3) is 0 Å². The van der Waals surface area contributed by atoms with Crippen LogP contribution in [0, 0.1) is 0 Å². The van der Waals surface area contributed by atoms with Crippen LogP contribution in [0.3, 0.4) is 0 Å². The van der Waals surface area contributed by atoms with E-state index in [0.717, 1.165) is 17.7 Å². The van der Waals surface area contributed by atoms with Crippen molar-refractivity contribution in [2.45, 2.75) is 25.5 Å². The van der Waals surface area contributed by atoms with Crippen LogP contribution in [-0.2, 0) is 4.74 Å². The molecule has 0 fully saturated rings. The van der Waals surface area contributed by atoms with E-state index < -0.39 is 6.10 Å². The Balaban J connectivity index is 1.95. The highest BCUT2D eigenvalue weighted by atomic mass is 16.5. The number of aliphatic hydroxyl groups is 1. The minimum atomic E-state index is -0.709. The Morgan fingerprint density at radius 3 is 2.79 bits per heavy atom. The fourth-order valence-corrected chi connectivity index (χ4v) is 2.47. The molecule has 2 N–H and O–H groups in total. The van der Waals surface area contributed by atoms with E-state index in [0.29, 0.717) is 19.0 Å². The Morgan fingerprint density at radius 2 is 2.08 bits per heavy atom. The lowest BCUT2D eigenvalue weighted by Gasteiger charge is -2.24. The van der Waals surface area contributed by atoms with E-state index in [4.69, 9.17) is 14.2 Å². The van der Waals surface area contributed by atoms with Crippen molar-refractivity contribution in [2.24, 2.45) is 0 Å². The van der Waals surface area contributed by atoms with Crippen LogP contribution < -0.4 is 14.8 Å². The lowest BCUT2D eigenvalue weighted by atomic mass is 10.1. The van der Waals surface area contributed by atoms with Gasteiger partial charge in [0, 0.05) is 20.6 Å². The topological polar surface area (TPSA) is 80.3 Å². The van der Waals surface area contributed by atoms with E-state index in [1.54, 1.807) is 7.05 Å². The molecule has 0 saturated heterocycles. The molecule has 24 heavy (non-hydrogen) atoms. The summed E-state index contributed by atoms with van der Waals surface area (Å²) in [4.78, 5) is 13.7. The van der Waals surface area contributed by atoms with E-state index in [9.17, 15) is 9.90 Å². The van der Waals surface area contributed by atoms with Crippen LogP contribution >= 0.6 is 0 Å². The van der Waals surface area contributed by atoms with Crippen molar-refractivity contribution in [3.8, 4) is 11.5 Å². The second-order valence-corrected chi connectivity index (χ2v) is 5.92. The zero-order chi connectivity index (χ0) is 17.5. The Bertz CT molecular complexity index is 552. The van der Waals surface area contributed by atoms with E-state index in [-0.39, 0.29) is 25.2 Å². The van der Waals surface area contributed by atoms with Crippen molar-refractivity contribution < 1.29 is 24.1 Å². The predicted molar refractivity (Wildman–Crippen MR) is 89.5 cm³/mol. The van der Waals surface area contributed by atoms with Gasteiger partial charge in [0.05, 0.1) is 38.5 Å². The molecule has 7 nitrogen and oxygen atoms in total. The van der Waals surface area contributed by atoms with Gasteiger partial charge in [0.1, 0.15) is 0 Å². The Kier molecular flexibility index (Phi) is 6.69. The highest BCUT2D eigenvalue weighted by Gasteiger charge is 2.18. The summed E-state index contributed by atoms with van der Waals surface area (Å²) in [7, 11) is 3.14. The molecule has 0 spiro atoms. The average Bonchev–Trinajstić information content (AvgIpc) is 2.79. The summed E-state index contributed by atoms with van der Waals surface area (Å²) in [6.45, 7) is 3.56. The van der Waals surface area contributed by atoms with Gasteiger partial charge in [0.15, 0.2) is 11.5 Å². The molecule has 1 heterocycles. The van der Waals surface area contributed by atoms with Gasteiger partial charge in [-0.15, -0.1) is 0 Å². The number of hydrogen-bond donors (Lipinski definition) is 2. The molecule has 0 unspecified atom stereocenters.